The minimum atomic E-state index is -0.475. The number of hydrogen-bond acceptors (Lipinski definition) is 5. The van der Waals surface area contributed by atoms with Crippen LogP contribution in [0.1, 0.15) is 90.9 Å². The van der Waals surface area contributed by atoms with Crippen molar-refractivity contribution in [3.8, 4) is 0 Å². The summed E-state index contributed by atoms with van der Waals surface area (Å²) in [6.07, 6.45) is 19.7. The summed E-state index contributed by atoms with van der Waals surface area (Å²) in [4.78, 5) is 43.2. The summed E-state index contributed by atoms with van der Waals surface area (Å²) in [5, 5.41) is 0. The molecule has 1 heterocycles. The Balaban J connectivity index is 2.33. The molecule has 1 saturated heterocycles. The predicted molar refractivity (Wildman–Crippen MR) is 109 cm³/mol. The fourth-order valence-corrected chi connectivity index (χ4v) is 3.38. The number of rotatable bonds is 15. The van der Waals surface area contributed by atoms with Crippen molar-refractivity contribution >= 4 is 17.7 Å². The van der Waals surface area contributed by atoms with Crippen LogP contribution in [0.15, 0.2) is 24.3 Å². The van der Waals surface area contributed by atoms with Crippen molar-refractivity contribution in [1.82, 2.24) is 0 Å². The highest BCUT2D eigenvalue weighted by molar-refractivity contribution is 5.83. The van der Waals surface area contributed by atoms with E-state index in [4.69, 9.17) is 0 Å². The van der Waals surface area contributed by atoms with Crippen LogP contribution >= 0.6 is 0 Å². The first-order chi connectivity index (χ1) is 13.5. The van der Waals surface area contributed by atoms with Crippen LogP contribution in [0.3, 0.4) is 0 Å². The number of carbonyl (C=O) groups is 3. The highest BCUT2D eigenvalue weighted by Gasteiger charge is 2.36. The lowest BCUT2D eigenvalue weighted by molar-refractivity contribution is -0.274. The molecule has 5 nitrogen and oxygen atoms in total. The Bertz CT molecular complexity index is 535. The van der Waals surface area contributed by atoms with Gasteiger partial charge in [0.05, 0.1) is 12.3 Å². The van der Waals surface area contributed by atoms with Crippen molar-refractivity contribution in [2.45, 2.75) is 90.9 Å². The molecule has 2 atom stereocenters. The second kappa shape index (κ2) is 15.1. The van der Waals surface area contributed by atoms with Crippen LogP contribution < -0.4 is 0 Å². The zero-order valence-electron chi connectivity index (χ0n) is 17.5. The van der Waals surface area contributed by atoms with E-state index in [1.807, 2.05) is 18.2 Å². The van der Waals surface area contributed by atoms with Crippen LogP contribution in [0.25, 0.3) is 0 Å². The van der Waals surface area contributed by atoms with Crippen molar-refractivity contribution in [2.75, 3.05) is 0 Å². The first-order valence-electron chi connectivity index (χ1n) is 10.8. The highest BCUT2D eigenvalue weighted by atomic mass is 17.2. The third-order valence-corrected chi connectivity index (χ3v) is 5.07. The highest BCUT2D eigenvalue weighted by Crippen LogP contribution is 2.28. The summed E-state index contributed by atoms with van der Waals surface area (Å²) in [5.74, 6) is -1.09. The Morgan fingerprint density at radius 2 is 1.79 bits per heavy atom. The molecule has 0 saturated carbocycles. The molecule has 0 aliphatic carbocycles. The summed E-state index contributed by atoms with van der Waals surface area (Å²) in [5.41, 5.74) is 0. The summed E-state index contributed by atoms with van der Waals surface area (Å²) in [6, 6.07) is 0. The maximum Gasteiger partial charge on any atom is 0.359 e. The zero-order chi connectivity index (χ0) is 20.6. The molecule has 1 rings (SSSR count). The molecular formula is C23H36O5. The quantitative estimate of drug-likeness (QED) is 0.205. The normalized spacial score (nSPS) is 18.4. The first-order valence-corrected chi connectivity index (χ1v) is 10.8. The Kier molecular flexibility index (Phi) is 13.0. The van der Waals surface area contributed by atoms with Gasteiger partial charge in [0, 0.05) is 6.42 Å². The molecule has 2 unspecified atom stereocenters. The van der Waals surface area contributed by atoms with Gasteiger partial charge in [-0.2, -0.15) is 0 Å². The second-order valence-corrected chi connectivity index (χ2v) is 7.65. The molecule has 1 aliphatic rings. The summed E-state index contributed by atoms with van der Waals surface area (Å²) in [6.45, 7) is 3.79. The van der Waals surface area contributed by atoms with Crippen LogP contribution in [0.2, 0.25) is 0 Å². The van der Waals surface area contributed by atoms with E-state index in [0.29, 0.717) is 6.42 Å². The Hall–Kier alpha value is -1.91. The average molecular weight is 393 g/mol. The van der Waals surface area contributed by atoms with Gasteiger partial charge in [-0.15, -0.1) is 0 Å². The van der Waals surface area contributed by atoms with E-state index in [0.717, 1.165) is 51.4 Å². The third kappa shape index (κ3) is 11.1. The molecule has 0 amide bonds. The monoisotopic (exact) mass is 392 g/mol. The minimum Gasteiger partial charge on any atom is -0.300 e. The van der Waals surface area contributed by atoms with E-state index >= 15 is 0 Å². The fraction of sp³-hybridized carbons (Fsp3) is 0.696. The van der Waals surface area contributed by atoms with Crippen LogP contribution in [-0.2, 0) is 24.2 Å². The SMILES string of the molecule is CCCCCC(/C=C/C=C\CCCCCCCC(C)=O)C1CC(=O)OOC1=O. The number of Topliss-reactive ketones (excluding diaryl/α,β-unsaturated/α-hetero) is 1. The lowest BCUT2D eigenvalue weighted by atomic mass is 9.84. The van der Waals surface area contributed by atoms with Gasteiger partial charge in [0.15, 0.2) is 0 Å². The van der Waals surface area contributed by atoms with Gasteiger partial charge in [0.2, 0.25) is 0 Å². The number of hydrogen-bond donors (Lipinski definition) is 0. The van der Waals surface area contributed by atoms with Crippen molar-refractivity contribution in [3.05, 3.63) is 24.3 Å². The van der Waals surface area contributed by atoms with Crippen LogP contribution in [0, 0.1) is 11.8 Å². The van der Waals surface area contributed by atoms with Crippen molar-refractivity contribution in [1.29, 1.82) is 0 Å². The van der Waals surface area contributed by atoms with Gasteiger partial charge in [-0.3, -0.25) is 0 Å². The molecule has 0 aromatic carbocycles. The second-order valence-electron chi connectivity index (χ2n) is 7.65. The molecule has 5 heteroatoms. The molecule has 1 fully saturated rings. The van der Waals surface area contributed by atoms with E-state index in [1.165, 1.54) is 12.8 Å². The van der Waals surface area contributed by atoms with Crippen molar-refractivity contribution in [3.63, 3.8) is 0 Å². The molecule has 0 aromatic heterocycles. The van der Waals surface area contributed by atoms with E-state index in [-0.39, 0.29) is 18.1 Å². The van der Waals surface area contributed by atoms with E-state index < -0.39 is 17.9 Å². The van der Waals surface area contributed by atoms with Gasteiger partial charge < -0.3 is 4.79 Å². The molecule has 0 bridgehead atoms. The molecule has 0 aromatic rings. The standard InChI is InChI=1S/C23H36O5/c1-3-4-12-16-20(21-18-22(25)27-28-23(21)26)17-14-11-9-7-5-6-8-10-13-15-19(2)24/h9,11,14,17,20-21H,3-8,10,12-13,15-16,18H2,1-2H3/b11-9-,17-14+. The van der Waals surface area contributed by atoms with Crippen LogP contribution in [0.4, 0.5) is 0 Å². The van der Waals surface area contributed by atoms with E-state index in [2.05, 4.69) is 22.8 Å². The van der Waals surface area contributed by atoms with Crippen molar-refractivity contribution < 1.29 is 24.2 Å². The summed E-state index contributed by atoms with van der Waals surface area (Å²) >= 11 is 0. The lowest BCUT2D eigenvalue weighted by Crippen LogP contribution is -2.33. The molecule has 0 N–H and O–H groups in total. The van der Waals surface area contributed by atoms with Gasteiger partial charge in [-0.05, 0) is 38.5 Å². The van der Waals surface area contributed by atoms with Gasteiger partial charge in [-0.25, -0.2) is 19.4 Å². The maximum atomic E-state index is 12.0. The predicted octanol–water partition coefficient (Wildman–Crippen LogP) is 5.64. The van der Waals surface area contributed by atoms with Gasteiger partial charge >= 0.3 is 11.9 Å². The zero-order valence-corrected chi connectivity index (χ0v) is 17.5. The van der Waals surface area contributed by atoms with Gasteiger partial charge in [0.1, 0.15) is 5.78 Å². The number of carbonyl (C=O) groups excluding carboxylic acids is 3. The molecular weight excluding hydrogens is 356 g/mol. The molecule has 0 radical (unpaired) electrons. The largest absolute Gasteiger partial charge is 0.359 e. The molecule has 1 aliphatic heterocycles. The molecule has 158 valence electrons. The van der Waals surface area contributed by atoms with Crippen LogP contribution in [-0.4, -0.2) is 17.7 Å². The minimum absolute atomic E-state index is 0.00201. The number of unbranched alkanes of at least 4 members (excludes halogenated alkanes) is 7. The van der Waals surface area contributed by atoms with E-state index in [1.54, 1.807) is 6.92 Å². The average Bonchev–Trinajstić information content (AvgIpc) is 2.66. The van der Waals surface area contributed by atoms with Gasteiger partial charge in [0.25, 0.3) is 0 Å². The maximum absolute atomic E-state index is 12.0. The third-order valence-electron chi connectivity index (χ3n) is 5.07. The first kappa shape index (κ1) is 24.1. The Labute approximate surface area is 169 Å². The Morgan fingerprint density at radius 3 is 2.54 bits per heavy atom. The fourth-order valence-electron chi connectivity index (χ4n) is 3.38. The summed E-state index contributed by atoms with van der Waals surface area (Å²) in [7, 11) is 0. The summed E-state index contributed by atoms with van der Waals surface area (Å²) < 4.78 is 0. The molecule has 28 heavy (non-hydrogen) atoms. The van der Waals surface area contributed by atoms with E-state index in [9.17, 15) is 14.4 Å². The number of ketones is 1. The smallest absolute Gasteiger partial charge is 0.300 e. The lowest BCUT2D eigenvalue weighted by Gasteiger charge is -2.24. The van der Waals surface area contributed by atoms with Crippen LogP contribution in [0.5, 0.6) is 0 Å². The topological polar surface area (TPSA) is 69.7 Å². The Morgan fingerprint density at radius 1 is 1.04 bits per heavy atom. The van der Waals surface area contributed by atoms with Gasteiger partial charge in [-0.1, -0.05) is 69.8 Å². The molecule has 0 spiro atoms. The number of allylic oxidation sites excluding steroid dienone is 4. The van der Waals surface area contributed by atoms with Crippen molar-refractivity contribution in [2.24, 2.45) is 11.8 Å².